The third kappa shape index (κ3) is 2.34. The Labute approximate surface area is 155 Å². The molecule has 2 fully saturated rings. The molecule has 1 heterocycles. The second kappa shape index (κ2) is 5.60. The fourth-order valence-corrected chi connectivity index (χ4v) is 6.00. The second-order valence-electron chi connectivity index (χ2n) is 7.72. The molecular weight excluding hydrogens is 378 g/mol. The highest BCUT2D eigenvalue weighted by atomic mass is 79.9. The van der Waals surface area contributed by atoms with Crippen LogP contribution in [0.15, 0.2) is 46.9 Å². The van der Waals surface area contributed by atoms with Crippen molar-refractivity contribution in [3.63, 3.8) is 0 Å². The van der Waals surface area contributed by atoms with Crippen molar-refractivity contribution in [1.29, 1.82) is 0 Å². The van der Waals surface area contributed by atoms with Crippen LogP contribution in [0.1, 0.15) is 52.7 Å². The fraction of sp³-hybridized carbons (Fsp3) is 0.381. The van der Waals surface area contributed by atoms with E-state index in [1.54, 1.807) is 12.1 Å². The van der Waals surface area contributed by atoms with E-state index in [1.807, 2.05) is 12.1 Å². The smallest absolute Gasteiger partial charge is 0.335 e. The average Bonchev–Trinajstić information content (AvgIpc) is 3.23. The summed E-state index contributed by atoms with van der Waals surface area (Å²) in [5.74, 6) is 1.94. The molecule has 0 aromatic heterocycles. The maximum atomic E-state index is 11.2. The van der Waals surface area contributed by atoms with Gasteiger partial charge in [-0.1, -0.05) is 28.1 Å². The fourth-order valence-electron chi connectivity index (χ4n) is 5.62. The molecule has 0 spiro atoms. The van der Waals surface area contributed by atoms with Crippen molar-refractivity contribution in [2.45, 2.75) is 31.2 Å². The number of benzene rings is 2. The number of anilines is 1. The largest absolute Gasteiger partial charge is 0.478 e. The molecule has 0 amide bonds. The molecule has 2 aliphatic carbocycles. The van der Waals surface area contributed by atoms with E-state index in [4.69, 9.17) is 5.11 Å². The first-order chi connectivity index (χ1) is 12.1. The van der Waals surface area contributed by atoms with Gasteiger partial charge in [0.15, 0.2) is 0 Å². The van der Waals surface area contributed by atoms with Crippen LogP contribution in [-0.4, -0.2) is 11.1 Å². The van der Waals surface area contributed by atoms with E-state index in [0.717, 1.165) is 16.3 Å². The van der Waals surface area contributed by atoms with Crippen molar-refractivity contribution in [2.75, 3.05) is 5.32 Å². The molecule has 4 heteroatoms. The highest BCUT2D eigenvalue weighted by Gasteiger charge is 2.53. The summed E-state index contributed by atoms with van der Waals surface area (Å²) in [7, 11) is 0. The Morgan fingerprint density at radius 1 is 1.08 bits per heavy atom. The number of carboxylic acid groups (broad SMARTS) is 1. The Kier molecular flexibility index (Phi) is 3.46. The molecule has 3 aliphatic rings. The molecule has 2 N–H and O–H groups in total. The van der Waals surface area contributed by atoms with Crippen LogP contribution in [-0.2, 0) is 0 Å². The third-order valence-corrected chi connectivity index (χ3v) is 7.06. The molecule has 2 saturated carbocycles. The van der Waals surface area contributed by atoms with Crippen LogP contribution < -0.4 is 5.32 Å². The summed E-state index contributed by atoms with van der Waals surface area (Å²) < 4.78 is 1.15. The summed E-state index contributed by atoms with van der Waals surface area (Å²) in [5.41, 5.74) is 4.27. The lowest BCUT2D eigenvalue weighted by atomic mass is 9.68. The highest BCUT2D eigenvalue weighted by Crippen LogP contribution is 2.63. The topological polar surface area (TPSA) is 49.3 Å². The van der Waals surface area contributed by atoms with E-state index in [-0.39, 0.29) is 6.04 Å². The zero-order valence-electron chi connectivity index (χ0n) is 13.8. The summed E-state index contributed by atoms with van der Waals surface area (Å²) >= 11 is 3.64. The van der Waals surface area contributed by atoms with Gasteiger partial charge in [-0.15, -0.1) is 0 Å². The van der Waals surface area contributed by atoms with Gasteiger partial charge in [0.1, 0.15) is 0 Å². The maximum absolute atomic E-state index is 11.2. The van der Waals surface area contributed by atoms with Crippen molar-refractivity contribution in [2.24, 2.45) is 17.8 Å². The average molecular weight is 398 g/mol. The van der Waals surface area contributed by atoms with Gasteiger partial charge < -0.3 is 10.4 Å². The maximum Gasteiger partial charge on any atom is 0.335 e. The molecule has 2 aromatic rings. The van der Waals surface area contributed by atoms with E-state index < -0.39 is 5.97 Å². The number of hydrogen-bond acceptors (Lipinski definition) is 2. The van der Waals surface area contributed by atoms with Crippen LogP contribution in [0.4, 0.5) is 5.69 Å². The summed E-state index contributed by atoms with van der Waals surface area (Å²) in [5, 5.41) is 12.9. The molecule has 0 unspecified atom stereocenters. The van der Waals surface area contributed by atoms with Gasteiger partial charge in [0, 0.05) is 10.2 Å². The van der Waals surface area contributed by atoms with Gasteiger partial charge >= 0.3 is 5.97 Å². The molecule has 128 valence electrons. The summed E-state index contributed by atoms with van der Waals surface area (Å²) in [6, 6.07) is 14.3. The van der Waals surface area contributed by atoms with Gasteiger partial charge in [-0.25, -0.2) is 4.79 Å². The first-order valence-electron chi connectivity index (χ1n) is 9.01. The van der Waals surface area contributed by atoms with Crippen LogP contribution in [0.3, 0.4) is 0 Å². The van der Waals surface area contributed by atoms with Crippen molar-refractivity contribution in [3.8, 4) is 0 Å². The summed E-state index contributed by atoms with van der Waals surface area (Å²) in [6.07, 6.45) is 4.02. The van der Waals surface area contributed by atoms with Gasteiger partial charge in [-0.2, -0.15) is 0 Å². The third-order valence-electron chi connectivity index (χ3n) is 6.57. The molecule has 1 aliphatic heterocycles. The Hall–Kier alpha value is -1.81. The van der Waals surface area contributed by atoms with Crippen molar-refractivity contribution in [3.05, 3.63) is 63.6 Å². The lowest BCUT2D eigenvalue weighted by molar-refractivity contribution is 0.0697. The molecule has 2 bridgehead atoms. The lowest BCUT2D eigenvalue weighted by Crippen LogP contribution is -2.35. The number of rotatable bonds is 2. The van der Waals surface area contributed by atoms with Gasteiger partial charge in [0.25, 0.3) is 0 Å². The first-order valence-corrected chi connectivity index (χ1v) is 9.80. The van der Waals surface area contributed by atoms with Crippen molar-refractivity contribution in [1.82, 2.24) is 0 Å². The summed E-state index contributed by atoms with van der Waals surface area (Å²) in [4.78, 5) is 11.2. The second-order valence-corrected chi connectivity index (χ2v) is 8.63. The van der Waals surface area contributed by atoms with Crippen LogP contribution in [0.25, 0.3) is 0 Å². The molecule has 3 nitrogen and oxygen atoms in total. The molecule has 2 aromatic carbocycles. The number of halogens is 1. The minimum atomic E-state index is -0.865. The van der Waals surface area contributed by atoms with Crippen molar-refractivity contribution < 1.29 is 9.90 Å². The van der Waals surface area contributed by atoms with E-state index >= 15 is 0 Å². The number of nitrogens with one attached hydrogen (secondary N) is 1. The Balaban J connectivity index is 1.58. The Morgan fingerprint density at radius 2 is 1.84 bits per heavy atom. The van der Waals surface area contributed by atoms with Gasteiger partial charge in [-0.05, 0) is 84.4 Å². The molecule has 5 atom stereocenters. The first kappa shape index (κ1) is 15.4. The minimum absolute atomic E-state index is 0.275. The van der Waals surface area contributed by atoms with Crippen LogP contribution in [0, 0.1) is 17.8 Å². The number of aromatic carboxylic acids is 1. The quantitative estimate of drug-likeness (QED) is 0.708. The molecular formula is C21H20BrNO2. The predicted octanol–water partition coefficient (Wildman–Crippen LogP) is 5.44. The van der Waals surface area contributed by atoms with E-state index in [9.17, 15) is 4.79 Å². The van der Waals surface area contributed by atoms with Crippen molar-refractivity contribution >= 4 is 27.6 Å². The zero-order valence-corrected chi connectivity index (χ0v) is 15.4. The molecule has 5 rings (SSSR count). The number of carboxylic acids is 1. The van der Waals surface area contributed by atoms with Gasteiger partial charge in [-0.3, -0.25) is 0 Å². The Bertz CT molecular complexity index is 847. The van der Waals surface area contributed by atoms with Crippen LogP contribution in [0.5, 0.6) is 0 Å². The number of fused-ring (bicyclic) bond motifs is 7. The van der Waals surface area contributed by atoms with Crippen LogP contribution in [0.2, 0.25) is 0 Å². The van der Waals surface area contributed by atoms with Gasteiger partial charge in [0.2, 0.25) is 0 Å². The zero-order chi connectivity index (χ0) is 17.1. The van der Waals surface area contributed by atoms with E-state index in [1.165, 1.54) is 36.1 Å². The SMILES string of the molecule is O=C(O)c1ccc([C@@H]2Nc3ccc(Br)cc3[C@@H]3[C@H]4CC[C@@H](C4)[C@@H]32)cc1. The molecule has 25 heavy (non-hydrogen) atoms. The standard InChI is InChI=1S/C21H20BrNO2/c22-15-7-8-17-16(10-15)18-13-5-6-14(9-13)19(18)20(23-17)11-1-3-12(4-2-11)21(24)25/h1-4,7-8,10,13-14,18-20,23H,5-6,9H2,(H,24,25)/t13-,14-,18-,19-,20-/m0/s1. The Morgan fingerprint density at radius 3 is 2.60 bits per heavy atom. The minimum Gasteiger partial charge on any atom is -0.478 e. The van der Waals surface area contributed by atoms with E-state index in [0.29, 0.717) is 17.4 Å². The normalized spacial score (nSPS) is 32.0. The highest BCUT2D eigenvalue weighted by molar-refractivity contribution is 9.10. The van der Waals surface area contributed by atoms with Gasteiger partial charge in [0.05, 0.1) is 11.6 Å². The van der Waals surface area contributed by atoms with Crippen LogP contribution >= 0.6 is 15.9 Å². The number of carbonyl (C=O) groups is 1. The predicted molar refractivity (Wildman–Crippen MR) is 101 cm³/mol. The molecule has 0 radical (unpaired) electrons. The summed E-state index contributed by atoms with van der Waals surface area (Å²) in [6.45, 7) is 0. The van der Waals surface area contributed by atoms with E-state index in [2.05, 4.69) is 39.4 Å². The number of hydrogen-bond donors (Lipinski definition) is 2. The molecule has 0 saturated heterocycles. The lowest BCUT2D eigenvalue weighted by Gasteiger charge is -2.43. The monoisotopic (exact) mass is 397 g/mol.